The minimum atomic E-state index is -0.0816. The van der Waals surface area contributed by atoms with Crippen LogP contribution in [0.3, 0.4) is 0 Å². The summed E-state index contributed by atoms with van der Waals surface area (Å²) in [5.74, 6) is 1.48. The van der Waals surface area contributed by atoms with Gasteiger partial charge in [-0.25, -0.2) is 0 Å². The van der Waals surface area contributed by atoms with Crippen molar-refractivity contribution in [3.05, 3.63) is 0 Å². The minimum absolute atomic E-state index is 0. The maximum atomic E-state index is 5.81. The van der Waals surface area contributed by atoms with E-state index in [1.165, 1.54) is 0 Å². The minimum Gasteiger partial charge on any atom is -0.379 e. The molecule has 0 bridgehead atoms. The van der Waals surface area contributed by atoms with Crippen LogP contribution in [-0.4, -0.2) is 75.5 Å². The van der Waals surface area contributed by atoms with Crippen LogP contribution < -0.4 is 10.6 Å². The fraction of sp³-hybridized carbons (Fsp3) is 0.941. The number of nitrogens with one attached hydrogen (secondary N) is 2. The SMILES string of the molecule is CCNC(=NCC1(C)CCCO1)NCC(C)CN1CCOCC1.I. The molecule has 0 aliphatic carbocycles. The highest BCUT2D eigenvalue weighted by Crippen LogP contribution is 2.24. The molecule has 0 amide bonds. The first-order valence-corrected chi connectivity index (χ1v) is 9.07. The Hall–Kier alpha value is -0.120. The first-order valence-electron chi connectivity index (χ1n) is 9.07. The van der Waals surface area contributed by atoms with E-state index in [0.717, 1.165) is 77.9 Å². The van der Waals surface area contributed by atoms with Gasteiger partial charge in [0.1, 0.15) is 0 Å². The summed E-state index contributed by atoms with van der Waals surface area (Å²) in [6.45, 7) is 14.9. The number of halogens is 1. The largest absolute Gasteiger partial charge is 0.379 e. The lowest BCUT2D eigenvalue weighted by molar-refractivity contribution is 0.0283. The maximum Gasteiger partial charge on any atom is 0.191 e. The Bertz CT molecular complexity index is 370. The van der Waals surface area contributed by atoms with E-state index in [4.69, 9.17) is 14.5 Å². The molecule has 2 N–H and O–H groups in total. The molecule has 2 heterocycles. The number of rotatable bonds is 7. The van der Waals surface area contributed by atoms with Crippen LogP contribution in [0.2, 0.25) is 0 Å². The standard InChI is InChI=1S/C17H34N4O2.HI/c1-4-18-16(20-14-17(3)6-5-9-23-17)19-12-15(2)13-21-7-10-22-11-8-21;/h15H,4-14H2,1-3H3,(H2,18,19,20);1H. The molecule has 0 spiro atoms. The van der Waals surface area contributed by atoms with E-state index in [1.807, 2.05) is 0 Å². The predicted molar refractivity (Wildman–Crippen MR) is 109 cm³/mol. The Labute approximate surface area is 164 Å². The van der Waals surface area contributed by atoms with E-state index in [1.54, 1.807) is 0 Å². The van der Waals surface area contributed by atoms with Crippen LogP contribution in [0.15, 0.2) is 4.99 Å². The van der Waals surface area contributed by atoms with Gasteiger partial charge in [-0.1, -0.05) is 6.92 Å². The van der Waals surface area contributed by atoms with Crippen molar-refractivity contribution in [3.63, 3.8) is 0 Å². The van der Waals surface area contributed by atoms with Gasteiger partial charge < -0.3 is 20.1 Å². The van der Waals surface area contributed by atoms with E-state index >= 15 is 0 Å². The van der Waals surface area contributed by atoms with E-state index < -0.39 is 0 Å². The third kappa shape index (κ3) is 7.84. The lowest BCUT2D eigenvalue weighted by atomic mass is 10.0. The van der Waals surface area contributed by atoms with E-state index in [9.17, 15) is 0 Å². The summed E-state index contributed by atoms with van der Waals surface area (Å²) in [5.41, 5.74) is -0.0816. The van der Waals surface area contributed by atoms with E-state index in [-0.39, 0.29) is 29.6 Å². The monoisotopic (exact) mass is 454 g/mol. The predicted octanol–water partition coefficient (Wildman–Crippen LogP) is 1.70. The van der Waals surface area contributed by atoms with Crippen molar-refractivity contribution >= 4 is 29.9 Å². The second kappa shape index (κ2) is 11.5. The van der Waals surface area contributed by atoms with Gasteiger partial charge in [-0.2, -0.15) is 0 Å². The summed E-state index contributed by atoms with van der Waals surface area (Å²) in [6.07, 6.45) is 2.25. The molecule has 0 radical (unpaired) electrons. The summed E-state index contributed by atoms with van der Waals surface area (Å²) in [6, 6.07) is 0. The number of aliphatic imine (C=N–C) groups is 1. The van der Waals surface area contributed by atoms with Crippen LogP contribution in [0.25, 0.3) is 0 Å². The number of hydrogen-bond donors (Lipinski definition) is 2. The molecule has 142 valence electrons. The average Bonchev–Trinajstić information content (AvgIpc) is 2.98. The first kappa shape index (κ1) is 21.9. The van der Waals surface area contributed by atoms with Crippen molar-refractivity contribution < 1.29 is 9.47 Å². The molecular weight excluding hydrogens is 419 g/mol. The molecule has 0 saturated carbocycles. The highest BCUT2D eigenvalue weighted by atomic mass is 127. The molecule has 0 aromatic heterocycles. The molecule has 7 heteroatoms. The van der Waals surface area contributed by atoms with Crippen molar-refractivity contribution in [3.8, 4) is 0 Å². The number of hydrogen-bond acceptors (Lipinski definition) is 4. The van der Waals surface area contributed by atoms with Crippen LogP contribution in [0.5, 0.6) is 0 Å². The van der Waals surface area contributed by atoms with Gasteiger partial charge in [0.05, 0.1) is 25.4 Å². The third-order valence-electron chi connectivity index (χ3n) is 4.51. The molecule has 2 aliphatic heterocycles. The zero-order valence-corrected chi connectivity index (χ0v) is 17.8. The van der Waals surface area contributed by atoms with Crippen LogP contribution in [-0.2, 0) is 9.47 Å². The van der Waals surface area contributed by atoms with Gasteiger partial charge in [-0.15, -0.1) is 24.0 Å². The summed E-state index contributed by atoms with van der Waals surface area (Å²) in [5, 5.41) is 6.81. The number of ether oxygens (including phenoxy) is 2. The summed E-state index contributed by atoms with van der Waals surface area (Å²) in [7, 11) is 0. The topological polar surface area (TPSA) is 58.1 Å². The molecule has 2 rings (SSSR count). The maximum absolute atomic E-state index is 5.81. The van der Waals surface area contributed by atoms with Crippen molar-refractivity contribution in [2.75, 3.05) is 59.1 Å². The lowest BCUT2D eigenvalue weighted by Gasteiger charge is -2.29. The van der Waals surface area contributed by atoms with Gasteiger partial charge in [0.15, 0.2) is 5.96 Å². The Morgan fingerprint density at radius 3 is 2.62 bits per heavy atom. The fourth-order valence-corrected chi connectivity index (χ4v) is 3.11. The third-order valence-corrected chi connectivity index (χ3v) is 4.51. The van der Waals surface area contributed by atoms with Crippen molar-refractivity contribution in [2.24, 2.45) is 10.9 Å². The van der Waals surface area contributed by atoms with E-state index in [0.29, 0.717) is 5.92 Å². The van der Waals surface area contributed by atoms with Crippen LogP contribution in [0.1, 0.15) is 33.6 Å². The molecule has 6 nitrogen and oxygen atoms in total. The van der Waals surface area contributed by atoms with Crippen LogP contribution in [0, 0.1) is 5.92 Å². The van der Waals surface area contributed by atoms with Crippen molar-refractivity contribution in [1.82, 2.24) is 15.5 Å². The summed E-state index contributed by atoms with van der Waals surface area (Å²) >= 11 is 0. The van der Waals surface area contributed by atoms with Crippen LogP contribution >= 0.6 is 24.0 Å². The van der Waals surface area contributed by atoms with Crippen molar-refractivity contribution in [2.45, 2.75) is 39.2 Å². The number of morpholine rings is 1. The van der Waals surface area contributed by atoms with E-state index in [2.05, 4.69) is 36.3 Å². The molecule has 2 unspecified atom stereocenters. The Morgan fingerprint density at radius 2 is 2.00 bits per heavy atom. The number of guanidine groups is 1. The van der Waals surface area contributed by atoms with Gasteiger partial charge in [-0.05, 0) is 32.6 Å². The van der Waals surface area contributed by atoms with Gasteiger partial charge in [0.2, 0.25) is 0 Å². The van der Waals surface area contributed by atoms with Gasteiger partial charge in [0.25, 0.3) is 0 Å². The van der Waals surface area contributed by atoms with Crippen molar-refractivity contribution in [1.29, 1.82) is 0 Å². The van der Waals surface area contributed by atoms with Gasteiger partial charge in [-0.3, -0.25) is 9.89 Å². The highest BCUT2D eigenvalue weighted by Gasteiger charge is 2.29. The molecular formula is C17H35IN4O2. The zero-order chi connectivity index (χ0) is 16.5. The Morgan fingerprint density at radius 1 is 1.25 bits per heavy atom. The second-order valence-corrected chi connectivity index (χ2v) is 7.00. The molecule has 2 aliphatic rings. The Kier molecular flexibility index (Phi) is 10.5. The smallest absolute Gasteiger partial charge is 0.191 e. The van der Waals surface area contributed by atoms with Gasteiger partial charge >= 0.3 is 0 Å². The molecule has 2 saturated heterocycles. The van der Waals surface area contributed by atoms with Gasteiger partial charge in [0, 0.05) is 39.3 Å². The van der Waals surface area contributed by atoms with Crippen LogP contribution in [0.4, 0.5) is 0 Å². The highest BCUT2D eigenvalue weighted by molar-refractivity contribution is 14.0. The molecule has 0 aromatic rings. The molecule has 0 aromatic carbocycles. The molecule has 2 fully saturated rings. The second-order valence-electron chi connectivity index (χ2n) is 7.00. The number of nitrogens with zero attached hydrogens (tertiary/aromatic N) is 2. The quantitative estimate of drug-likeness (QED) is 0.349. The Balaban J connectivity index is 0.00000288. The molecule has 24 heavy (non-hydrogen) atoms. The molecule has 2 atom stereocenters. The lowest BCUT2D eigenvalue weighted by Crippen LogP contribution is -2.44. The normalized spacial score (nSPS) is 26.7. The average molecular weight is 454 g/mol. The summed E-state index contributed by atoms with van der Waals surface area (Å²) < 4.78 is 11.2. The zero-order valence-electron chi connectivity index (χ0n) is 15.5. The first-order chi connectivity index (χ1) is 11.1. The fourth-order valence-electron chi connectivity index (χ4n) is 3.11. The summed E-state index contributed by atoms with van der Waals surface area (Å²) in [4.78, 5) is 7.20.